The lowest BCUT2D eigenvalue weighted by Crippen LogP contribution is -2.29. The van der Waals surface area contributed by atoms with Crippen molar-refractivity contribution in [2.75, 3.05) is 20.8 Å². The molecule has 5 heteroatoms. The highest BCUT2D eigenvalue weighted by Crippen LogP contribution is 2.27. The fraction of sp³-hybridized carbons (Fsp3) is 0.429. The van der Waals surface area contributed by atoms with Gasteiger partial charge in [0.05, 0.1) is 20.8 Å². The highest BCUT2D eigenvalue weighted by molar-refractivity contribution is 5.99. The van der Waals surface area contributed by atoms with E-state index in [1.807, 2.05) is 6.92 Å². The third-order valence-electron chi connectivity index (χ3n) is 2.63. The van der Waals surface area contributed by atoms with E-state index < -0.39 is 0 Å². The first-order valence-electron chi connectivity index (χ1n) is 6.14. The van der Waals surface area contributed by atoms with Gasteiger partial charge in [-0.3, -0.25) is 9.59 Å². The van der Waals surface area contributed by atoms with Crippen LogP contribution in [0.3, 0.4) is 0 Å². The molecule has 0 aliphatic carbocycles. The number of rotatable bonds is 7. The second-order valence-corrected chi connectivity index (χ2v) is 4.02. The minimum absolute atomic E-state index is 0.00564. The zero-order valence-corrected chi connectivity index (χ0v) is 11.5. The lowest BCUT2D eigenvalue weighted by atomic mass is 10.1. The Morgan fingerprint density at radius 3 is 2.42 bits per heavy atom. The van der Waals surface area contributed by atoms with Gasteiger partial charge in [0.1, 0.15) is 0 Å². The number of hydrogen-bond donors (Lipinski definition) is 1. The van der Waals surface area contributed by atoms with Gasteiger partial charge in [0.25, 0.3) is 0 Å². The number of carbonyl (C=O) groups excluding carboxylic acids is 2. The Labute approximate surface area is 112 Å². The summed E-state index contributed by atoms with van der Waals surface area (Å²) < 4.78 is 10.2. The van der Waals surface area contributed by atoms with E-state index in [1.54, 1.807) is 18.2 Å². The number of hydrogen-bond acceptors (Lipinski definition) is 4. The van der Waals surface area contributed by atoms with E-state index in [0.717, 1.165) is 6.42 Å². The van der Waals surface area contributed by atoms with Crippen molar-refractivity contribution in [2.45, 2.75) is 19.8 Å². The molecule has 1 rings (SSSR count). The van der Waals surface area contributed by atoms with Gasteiger partial charge in [0.15, 0.2) is 17.3 Å². The third kappa shape index (κ3) is 4.28. The average Bonchev–Trinajstić information content (AvgIpc) is 2.44. The zero-order chi connectivity index (χ0) is 14.3. The molecule has 0 saturated heterocycles. The maximum absolute atomic E-state index is 11.9. The molecule has 0 saturated carbocycles. The largest absolute Gasteiger partial charge is 0.493 e. The molecule has 0 heterocycles. The highest BCUT2D eigenvalue weighted by atomic mass is 16.5. The minimum Gasteiger partial charge on any atom is -0.493 e. The van der Waals surface area contributed by atoms with Crippen molar-refractivity contribution in [1.29, 1.82) is 0 Å². The van der Waals surface area contributed by atoms with E-state index >= 15 is 0 Å². The fourth-order valence-electron chi connectivity index (χ4n) is 1.61. The van der Waals surface area contributed by atoms with Crippen molar-refractivity contribution in [3.8, 4) is 11.5 Å². The predicted molar refractivity (Wildman–Crippen MR) is 71.8 cm³/mol. The summed E-state index contributed by atoms with van der Waals surface area (Å²) in [6.07, 6.45) is 1.19. The van der Waals surface area contributed by atoms with E-state index in [4.69, 9.17) is 9.47 Å². The minimum atomic E-state index is -0.162. The topological polar surface area (TPSA) is 64.6 Å². The number of nitrogens with one attached hydrogen (secondary N) is 1. The summed E-state index contributed by atoms with van der Waals surface area (Å²) in [6.45, 7) is 1.91. The summed E-state index contributed by atoms with van der Waals surface area (Å²) in [5, 5.41) is 2.59. The third-order valence-corrected chi connectivity index (χ3v) is 2.63. The van der Waals surface area contributed by atoms with Crippen LogP contribution in [0.25, 0.3) is 0 Å². The molecule has 0 aliphatic rings. The van der Waals surface area contributed by atoms with Gasteiger partial charge in [-0.1, -0.05) is 6.92 Å². The van der Waals surface area contributed by atoms with Gasteiger partial charge in [-0.05, 0) is 24.6 Å². The number of benzene rings is 1. The molecule has 1 N–H and O–H groups in total. The van der Waals surface area contributed by atoms with Crippen LogP contribution in [0.15, 0.2) is 18.2 Å². The van der Waals surface area contributed by atoms with E-state index in [9.17, 15) is 9.59 Å². The Balaban J connectivity index is 2.69. The lowest BCUT2D eigenvalue weighted by molar-refractivity contribution is -0.120. The van der Waals surface area contributed by atoms with Crippen molar-refractivity contribution in [3.05, 3.63) is 23.8 Å². The first-order chi connectivity index (χ1) is 9.12. The van der Waals surface area contributed by atoms with Gasteiger partial charge < -0.3 is 14.8 Å². The van der Waals surface area contributed by atoms with E-state index in [1.165, 1.54) is 14.2 Å². The molecular weight excluding hydrogens is 246 g/mol. The van der Waals surface area contributed by atoms with Crippen LogP contribution in [0.4, 0.5) is 0 Å². The van der Waals surface area contributed by atoms with Gasteiger partial charge in [-0.25, -0.2) is 0 Å². The molecular formula is C14H19NO4. The fourth-order valence-corrected chi connectivity index (χ4v) is 1.61. The molecule has 104 valence electrons. The Kier molecular flexibility index (Phi) is 5.85. The van der Waals surface area contributed by atoms with Crippen LogP contribution < -0.4 is 14.8 Å². The van der Waals surface area contributed by atoms with Gasteiger partial charge in [0.2, 0.25) is 5.91 Å². The second kappa shape index (κ2) is 7.41. The summed E-state index contributed by atoms with van der Waals surface area (Å²) in [7, 11) is 3.04. The first-order valence-corrected chi connectivity index (χ1v) is 6.14. The Hall–Kier alpha value is -2.04. The molecule has 0 aromatic heterocycles. The number of Topliss-reactive ketones (excluding diaryl/α,β-unsaturated/α-hetero) is 1. The van der Waals surface area contributed by atoms with Crippen LogP contribution >= 0.6 is 0 Å². The SMILES string of the molecule is CCCC(=O)NCC(=O)c1ccc(OC)c(OC)c1. The average molecular weight is 265 g/mol. The Morgan fingerprint density at radius 2 is 1.84 bits per heavy atom. The smallest absolute Gasteiger partial charge is 0.220 e. The molecule has 0 atom stereocenters. The molecule has 0 spiro atoms. The highest BCUT2D eigenvalue weighted by Gasteiger charge is 2.11. The van der Waals surface area contributed by atoms with Crippen LogP contribution in [-0.2, 0) is 4.79 Å². The number of methoxy groups -OCH3 is 2. The van der Waals surface area contributed by atoms with Gasteiger partial charge in [-0.2, -0.15) is 0 Å². The van der Waals surface area contributed by atoms with Gasteiger partial charge >= 0.3 is 0 Å². The molecule has 0 fully saturated rings. The van der Waals surface area contributed by atoms with Crippen LogP contribution in [0.1, 0.15) is 30.1 Å². The molecule has 0 unspecified atom stereocenters. The standard InChI is InChI=1S/C14H19NO4/c1-4-5-14(17)15-9-11(16)10-6-7-12(18-2)13(8-10)19-3/h6-8H,4-5,9H2,1-3H3,(H,15,17). The molecule has 5 nitrogen and oxygen atoms in total. The summed E-state index contributed by atoms with van der Waals surface area (Å²) in [5.74, 6) is 0.782. The van der Waals surface area contributed by atoms with Crippen molar-refractivity contribution >= 4 is 11.7 Å². The molecule has 1 amide bonds. The van der Waals surface area contributed by atoms with Crippen molar-refractivity contribution in [3.63, 3.8) is 0 Å². The maximum Gasteiger partial charge on any atom is 0.220 e. The van der Waals surface area contributed by atoms with Crippen molar-refractivity contribution in [2.24, 2.45) is 0 Å². The number of amides is 1. The van der Waals surface area contributed by atoms with E-state index in [-0.39, 0.29) is 18.2 Å². The maximum atomic E-state index is 11.9. The Morgan fingerprint density at radius 1 is 1.16 bits per heavy atom. The predicted octanol–water partition coefficient (Wildman–Crippen LogP) is 1.80. The van der Waals surface area contributed by atoms with Crippen molar-refractivity contribution in [1.82, 2.24) is 5.32 Å². The molecule has 0 bridgehead atoms. The number of ketones is 1. The van der Waals surface area contributed by atoms with Gasteiger partial charge in [-0.15, -0.1) is 0 Å². The summed E-state index contributed by atoms with van der Waals surface area (Å²) in [5.41, 5.74) is 0.481. The summed E-state index contributed by atoms with van der Waals surface area (Å²) in [6, 6.07) is 4.92. The van der Waals surface area contributed by atoms with Crippen molar-refractivity contribution < 1.29 is 19.1 Å². The monoisotopic (exact) mass is 265 g/mol. The molecule has 1 aromatic rings. The second-order valence-electron chi connectivity index (χ2n) is 4.02. The van der Waals surface area contributed by atoms with E-state index in [0.29, 0.717) is 23.5 Å². The van der Waals surface area contributed by atoms with Crippen LogP contribution in [0, 0.1) is 0 Å². The van der Waals surface area contributed by atoms with Crippen LogP contribution in [0.2, 0.25) is 0 Å². The van der Waals surface area contributed by atoms with Crippen LogP contribution in [-0.4, -0.2) is 32.5 Å². The Bertz CT molecular complexity index is 457. The molecule has 1 aromatic carbocycles. The first kappa shape index (κ1) is 15.0. The molecule has 0 radical (unpaired) electrons. The molecule has 0 aliphatic heterocycles. The lowest BCUT2D eigenvalue weighted by Gasteiger charge is -2.09. The molecule has 19 heavy (non-hydrogen) atoms. The van der Waals surface area contributed by atoms with Crippen LogP contribution in [0.5, 0.6) is 11.5 Å². The summed E-state index contributed by atoms with van der Waals surface area (Å²) in [4.78, 5) is 23.2. The summed E-state index contributed by atoms with van der Waals surface area (Å²) >= 11 is 0. The number of carbonyl (C=O) groups is 2. The van der Waals surface area contributed by atoms with E-state index in [2.05, 4.69) is 5.32 Å². The number of ether oxygens (including phenoxy) is 2. The van der Waals surface area contributed by atoms with Gasteiger partial charge in [0, 0.05) is 12.0 Å². The quantitative estimate of drug-likeness (QED) is 0.763. The zero-order valence-electron chi connectivity index (χ0n) is 11.5. The normalized spacial score (nSPS) is 9.84.